The zero-order valence-corrected chi connectivity index (χ0v) is 10.5. The minimum Gasteiger partial charge on any atom is -0.310 e. The molecule has 2 aromatic rings. The molecule has 2 aromatic heterocycles. The second kappa shape index (κ2) is 4.21. The monoisotopic (exact) mass is 282 g/mol. The lowest BCUT2D eigenvalue weighted by Crippen LogP contribution is -2.15. The molecule has 0 saturated carbocycles. The van der Waals surface area contributed by atoms with Gasteiger partial charge in [-0.1, -0.05) is 13.8 Å². The average Bonchev–Trinajstić information content (AvgIpc) is 2.64. The molecule has 0 unspecified atom stereocenters. The van der Waals surface area contributed by atoms with Gasteiger partial charge in [0, 0.05) is 18.2 Å². The van der Waals surface area contributed by atoms with Gasteiger partial charge in [-0.3, -0.25) is 4.79 Å². The van der Waals surface area contributed by atoms with Crippen LogP contribution in [0.2, 0.25) is 0 Å². The maximum atomic E-state index is 11.4. The fourth-order valence-electron chi connectivity index (χ4n) is 1.28. The quantitative estimate of drug-likeness (QED) is 0.914. The lowest BCUT2D eigenvalue weighted by atomic mass is 10.2. The van der Waals surface area contributed by atoms with Crippen LogP contribution in [0.25, 0.3) is 5.82 Å². The Labute approximate surface area is 101 Å². The molecular weight excluding hydrogens is 272 g/mol. The maximum absolute atomic E-state index is 11.4. The van der Waals surface area contributed by atoms with E-state index in [0.29, 0.717) is 11.6 Å². The molecule has 0 saturated heterocycles. The number of nitrogens with one attached hydrogen (secondary N) is 1. The third kappa shape index (κ3) is 2.21. The van der Waals surface area contributed by atoms with Crippen molar-refractivity contribution in [3.8, 4) is 5.82 Å². The Morgan fingerprint density at radius 2 is 2.25 bits per heavy atom. The van der Waals surface area contributed by atoms with Crippen LogP contribution in [0.15, 0.2) is 27.7 Å². The zero-order chi connectivity index (χ0) is 11.7. The van der Waals surface area contributed by atoms with Crippen LogP contribution in [0, 0.1) is 0 Å². The molecule has 0 amide bonds. The van der Waals surface area contributed by atoms with Gasteiger partial charge in [0.1, 0.15) is 5.82 Å². The molecular formula is C10H11BrN4O. The molecule has 0 bridgehead atoms. The fourth-order valence-corrected chi connectivity index (χ4v) is 1.57. The molecule has 6 heteroatoms. The van der Waals surface area contributed by atoms with Gasteiger partial charge in [0.15, 0.2) is 5.82 Å². The molecule has 0 aliphatic rings. The van der Waals surface area contributed by atoms with E-state index >= 15 is 0 Å². The van der Waals surface area contributed by atoms with E-state index in [0.717, 1.165) is 4.47 Å². The van der Waals surface area contributed by atoms with Gasteiger partial charge in [0.25, 0.3) is 5.56 Å². The number of halogens is 1. The van der Waals surface area contributed by atoms with E-state index in [9.17, 15) is 4.79 Å². The van der Waals surface area contributed by atoms with Crippen molar-refractivity contribution in [2.24, 2.45) is 0 Å². The normalized spacial score (nSPS) is 11.0. The molecule has 0 aliphatic heterocycles. The smallest absolute Gasteiger partial charge is 0.253 e. The number of nitrogens with zero attached hydrogens (tertiary/aromatic N) is 3. The van der Waals surface area contributed by atoms with Crippen molar-refractivity contribution >= 4 is 15.9 Å². The van der Waals surface area contributed by atoms with E-state index in [1.54, 1.807) is 17.1 Å². The summed E-state index contributed by atoms with van der Waals surface area (Å²) in [6.07, 6.45) is 3.41. The highest BCUT2D eigenvalue weighted by Gasteiger charge is 2.07. The van der Waals surface area contributed by atoms with Gasteiger partial charge in [-0.15, -0.1) is 0 Å². The minimum atomic E-state index is -0.166. The first kappa shape index (κ1) is 11.1. The Hall–Kier alpha value is -1.43. The van der Waals surface area contributed by atoms with Crippen LogP contribution < -0.4 is 5.56 Å². The number of aromatic amines is 1. The van der Waals surface area contributed by atoms with Crippen LogP contribution in [0.1, 0.15) is 25.6 Å². The highest BCUT2D eigenvalue weighted by atomic mass is 79.9. The first-order chi connectivity index (χ1) is 7.56. The van der Waals surface area contributed by atoms with Gasteiger partial charge in [-0.2, -0.15) is 5.10 Å². The molecule has 2 heterocycles. The van der Waals surface area contributed by atoms with Crippen molar-refractivity contribution in [2.75, 3.05) is 0 Å². The maximum Gasteiger partial charge on any atom is 0.253 e. The fraction of sp³-hybridized carbons (Fsp3) is 0.300. The predicted octanol–water partition coefficient (Wildman–Crippen LogP) is 1.84. The van der Waals surface area contributed by atoms with Gasteiger partial charge in [-0.25, -0.2) is 9.67 Å². The lowest BCUT2D eigenvalue weighted by molar-refractivity contribution is 0.738. The number of H-pyrrole nitrogens is 1. The molecule has 16 heavy (non-hydrogen) atoms. The van der Waals surface area contributed by atoms with Gasteiger partial charge in [-0.05, 0) is 15.9 Å². The van der Waals surface area contributed by atoms with Gasteiger partial charge >= 0.3 is 0 Å². The van der Waals surface area contributed by atoms with Crippen molar-refractivity contribution in [3.05, 3.63) is 39.1 Å². The first-order valence-electron chi connectivity index (χ1n) is 4.88. The van der Waals surface area contributed by atoms with Crippen molar-refractivity contribution < 1.29 is 0 Å². The number of rotatable bonds is 2. The van der Waals surface area contributed by atoms with Crippen LogP contribution >= 0.6 is 15.9 Å². The summed E-state index contributed by atoms with van der Waals surface area (Å²) in [7, 11) is 0. The third-order valence-corrected chi connectivity index (χ3v) is 2.49. The van der Waals surface area contributed by atoms with E-state index in [1.165, 1.54) is 6.07 Å². The summed E-state index contributed by atoms with van der Waals surface area (Å²) in [5, 5.41) is 4.08. The lowest BCUT2D eigenvalue weighted by Gasteiger charge is -2.06. The summed E-state index contributed by atoms with van der Waals surface area (Å²) < 4.78 is 2.41. The minimum absolute atomic E-state index is 0.166. The largest absolute Gasteiger partial charge is 0.310 e. The van der Waals surface area contributed by atoms with Gasteiger partial charge in [0.05, 0.1) is 10.7 Å². The molecule has 0 fully saturated rings. The second-order valence-corrected chi connectivity index (χ2v) is 4.66. The Morgan fingerprint density at radius 3 is 2.81 bits per heavy atom. The summed E-state index contributed by atoms with van der Waals surface area (Å²) in [6, 6.07) is 1.42. The Morgan fingerprint density at radius 1 is 1.50 bits per heavy atom. The van der Waals surface area contributed by atoms with Crippen molar-refractivity contribution in [1.82, 2.24) is 19.7 Å². The Balaban J connectivity index is 2.53. The summed E-state index contributed by atoms with van der Waals surface area (Å²) in [5.41, 5.74) is -0.166. The van der Waals surface area contributed by atoms with E-state index in [1.807, 2.05) is 13.8 Å². The third-order valence-electron chi connectivity index (χ3n) is 2.08. The molecule has 0 spiro atoms. The molecule has 0 atom stereocenters. The molecule has 0 radical (unpaired) electrons. The van der Waals surface area contributed by atoms with Gasteiger partial charge < -0.3 is 4.98 Å². The van der Waals surface area contributed by atoms with Crippen molar-refractivity contribution in [1.29, 1.82) is 0 Å². The van der Waals surface area contributed by atoms with Crippen LogP contribution in [0.5, 0.6) is 0 Å². The summed E-state index contributed by atoms with van der Waals surface area (Å²) in [6.45, 7) is 3.95. The summed E-state index contributed by atoms with van der Waals surface area (Å²) in [5.74, 6) is 1.36. The SMILES string of the molecule is CC(C)c1nc(-n2cc(Br)cn2)cc(=O)[nH]1. The van der Waals surface area contributed by atoms with Crippen LogP contribution in [0.4, 0.5) is 0 Å². The van der Waals surface area contributed by atoms with Crippen molar-refractivity contribution in [3.63, 3.8) is 0 Å². The highest BCUT2D eigenvalue weighted by molar-refractivity contribution is 9.10. The molecule has 0 aromatic carbocycles. The number of hydrogen-bond donors (Lipinski definition) is 1. The molecule has 0 aliphatic carbocycles. The zero-order valence-electron chi connectivity index (χ0n) is 8.94. The Bertz CT molecular complexity index is 558. The number of hydrogen-bond acceptors (Lipinski definition) is 3. The Kier molecular flexibility index (Phi) is 2.91. The van der Waals surface area contributed by atoms with Gasteiger partial charge in [0.2, 0.25) is 0 Å². The number of aromatic nitrogens is 4. The van der Waals surface area contributed by atoms with E-state index in [-0.39, 0.29) is 11.5 Å². The first-order valence-corrected chi connectivity index (χ1v) is 5.67. The van der Waals surface area contributed by atoms with Crippen LogP contribution in [0.3, 0.4) is 0 Å². The molecule has 1 N–H and O–H groups in total. The van der Waals surface area contributed by atoms with Crippen LogP contribution in [-0.4, -0.2) is 19.7 Å². The predicted molar refractivity (Wildman–Crippen MR) is 63.8 cm³/mol. The molecule has 5 nitrogen and oxygen atoms in total. The van der Waals surface area contributed by atoms with E-state index in [2.05, 4.69) is 31.0 Å². The molecule has 2 rings (SSSR count). The topological polar surface area (TPSA) is 63.6 Å². The van der Waals surface area contributed by atoms with Crippen LogP contribution in [-0.2, 0) is 0 Å². The highest BCUT2D eigenvalue weighted by Crippen LogP contribution is 2.12. The standard InChI is InChI=1S/C10H11BrN4O/c1-6(2)10-13-8(3-9(16)14-10)15-5-7(11)4-12-15/h3-6H,1-2H3,(H,13,14,16). The summed E-state index contributed by atoms with van der Waals surface area (Å²) in [4.78, 5) is 18.5. The summed E-state index contributed by atoms with van der Waals surface area (Å²) >= 11 is 3.30. The second-order valence-electron chi connectivity index (χ2n) is 3.75. The van der Waals surface area contributed by atoms with E-state index < -0.39 is 0 Å². The van der Waals surface area contributed by atoms with E-state index in [4.69, 9.17) is 0 Å². The molecule has 84 valence electrons. The van der Waals surface area contributed by atoms with Crippen molar-refractivity contribution in [2.45, 2.75) is 19.8 Å². The average molecular weight is 283 g/mol.